The third-order valence-corrected chi connectivity index (χ3v) is 7.04. The van der Waals surface area contributed by atoms with E-state index in [1.54, 1.807) is 0 Å². The van der Waals surface area contributed by atoms with Gasteiger partial charge in [-0.15, -0.1) is 6.58 Å². The molecule has 2 rings (SSSR count). The van der Waals surface area contributed by atoms with Crippen LogP contribution in [0.5, 0.6) is 0 Å². The van der Waals surface area contributed by atoms with Crippen LogP contribution < -0.4 is 10.4 Å². The zero-order chi connectivity index (χ0) is 11.4. The van der Waals surface area contributed by atoms with E-state index in [4.69, 9.17) is 0 Å². The molecule has 2 aromatic carbocycles. The maximum atomic E-state index is 4.05. The standard InChI is InChI=1S/C15H16Si/c1-3-16(2,14-10-6-4-7-11-14)15-12-8-5-9-13-15/h3-13H,1H2,2H3. The average Bonchev–Trinajstić information content (AvgIpc) is 2.40. The summed E-state index contributed by atoms with van der Waals surface area (Å²) in [7, 11) is -1.71. The molecule has 0 amide bonds. The van der Waals surface area contributed by atoms with E-state index in [0.717, 1.165) is 0 Å². The molecule has 0 N–H and O–H groups in total. The van der Waals surface area contributed by atoms with Crippen molar-refractivity contribution in [2.75, 3.05) is 0 Å². The Hall–Kier alpha value is -1.60. The highest BCUT2D eigenvalue weighted by Crippen LogP contribution is 2.05. The van der Waals surface area contributed by atoms with E-state index in [1.165, 1.54) is 10.4 Å². The second-order valence-corrected chi connectivity index (χ2v) is 8.11. The molecule has 0 saturated carbocycles. The molecule has 0 atom stereocenters. The maximum absolute atomic E-state index is 4.05. The van der Waals surface area contributed by atoms with E-state index in [2.05, 4.69) is 79.5 Å². The average molecular weight is 224 g/mol. The molecule has 0 aliphatic carbocycles. The van der Waals surface area contributed by atoms with Crippen LogP contribution in [0.2, 0.25) is 6.55 Å². The maximum Gasteiger partial charge on any atom is 0.137 e. The molecule has 0 aromatic heterocycles. The van der Waals surface area contributed by atoms with E-state index in [-0.39, 0.29) is 0 Å². The summed E-state index contributed by atoms with van der Waals surface area (Å²) in [5, 5.41) is 2.83. The van der Waals surface area contributed by atoms with Gasteiger partial charge in [0.15, 0.2) is 0 Å². The predicted octanol–water partition coefficient (Wildman–Crippen LogP) is 2.60. The molecule has 1 heteroatoms. The lowest BCUT2D eigenvalue weighted by Gasteiger charge is -2.24. The zero-order valence-electron chi connectivity index (χ0n) is 9.56. The Bertz CT molecular complexity index is 420. The summed E-state index contributed by atoms with van der Waals surface area (Å²) < 4.78 is 0. The van der Waals surface area contributed by atoms with Crippen LogP contribution in [0.25, 0.3) is 0 Å². The first-order valence-corrected chi connectivity index (χ1v) is 8.10. The van der Waals surface area contributed by atoms with Gasteiger partial charge in [-0.3, -0.25) is 0 Å². The highest BCUT2D eigenvalue weighted by atomic mass is 28.3. The molecule has 2 aromatic rings. The summed E-state index contributed by atoms with van der Waals surface area (Å²) in [5.41, 5.74) is 2.15. The summed E-state index contributed by atoms with van der Waals surface area (Å²) in [6, 6.07) is 21.4. The molecule has 0 saturated heterocycles. The van der Waals surface area contributed by atoms with E-state index in [0.29, 0.717) is 0 Å². The molecule has 0 aliphatic heterocycles. The number of hydrogen-bond donors (Lipinski definition) is 0. The van der Waals surface area contributed by atoms with E-state index in [9.17, 15) is 0 Å². The summed E-state index contributed by atoms with van der Waals surface area (Å²) in [6.07, 6.45) is 0. The van der Waals surface area contributed by atoms with Crippen molar-refractivity contribution in [2.45, 2.75) is 6.55 Å². The van der Waals surface area contributed by atoms with Gasteiger partial charge >= 0.3 is 0 Å². The van der Waals surface area contributed by atoms with Gasteiger partial charge in [-0.05, 0) is 0 Å². The highest BCUT2D eigenvalue weighted by molar-refractivity contribution is 7.04. The van der Waals surface area contributed by atoms with Gasteiger partial charge in [0.25, 0.3) is 0 Å². The second kappa shape index (κ2) is 4.50. The van der Waals surface area contributed by atoms with Crippen molar-refractivity contribution >= 4 is 18.4 Å². The Morgan fingerprint density at radius 2 is 1.19 bits per heavy atom. The van der Waals surface area contributed by atoms with E-state index in [1.807, 2.05) is 0 Å². The quantitative estimate of drug-likeness (QED) is 0.703. The van der Waals surface area contributed by atoms with Gasteiger partial charge in [-0.1, -0.05) is 83.3 Å². The first kappa shape index (κ1) is 10.9. The Morgan fingerprint density at radius 3 is 1.50 bits per heavy atom. The minimum atomic E-state index is -1.71. The number of hydrogen-bond acceptors (Lipinski definition) is 0. The number of benzene rings is 2. The summed E-state index contributed by atoms with van der Waals surface area (Å²) >= 11 is 0. The van der Waals surface area contributed by atoms with Crippen LogP contribution in [0.4, 0.5) is 0 Å². The Balaban J connectivity index is 2.53. The lowest BCUT2D eigenvalue weighted by atomic mass is 10.4. The highest BCUT2D eigenvalue weighted by Gasteiger charge is 2.27. The molecule has 0 spiro atoms. The van der Waals surface area contributed by atoms with Gasteiger partial charge in [0.05, 0.1) is 0 Å². The molecule has 0 radical (unpaired) electrons. The van der Waals surface area contributed by atoms with Crippen molar-refractivity contribution in [3.63, 3.8) is 0 Å². The molecule has 0 nitrogen and oxygen atoms in total. The molecule has 80 valence electrons. The molecular formula is C15H16Si. The van der Waals surface area contributed by atoms with Gasteiger partial charge in [0.1, 0.15) is 8.07 Å². The zero-order valence-corrected chi connectivity index (χ0v) is 10.6. The predicted molar refractivity (Wildman–Crippen MR) is 74.0 cm³/mol. The van der Waals surface area contributed by atoms with E-state index < -0.39 is 8.07 Å². The summed E-state index contributed by atoms with van der Waals surface area (Å²) in [6.45, 7) is 6.39. The van der Waals surface area contributed by atoms with Crippen molar-refractivity contribution in [3.05, 3.63) is 72.9 Å². The normalized spacial score (nSPS) is 11.1. The molecule has 0 fully saturated rings. The first-order chi connectivity index (χ1) is 7.77. The fourth-order valence-corrected chi connectivity index (χ4v) is 4.55. The van der Waals surface area contributed by atoms with Crippen LogP contribution in [0.1, 0.15) is 0 Å². The van der Waals surface area contributed by atoms with Gasteiger partial charge in [-0.2, -0.15) is 0 Å². The SMILES string of the molecule is C=C[Si](C)(c1ccccc1)c1ccccc1. The molecular weight excluding hydrogens is 208 g/mol. The van der Waals surface area contributed by atoms with Crippen molar-refractivity contribution in [2.24, 2.45) is 0 Å². The van der Waals surface area contributed by atoms with Crippen molar-refractivity contribution in [1.82, 2.24) is 0 Å². The minimum absolute atomic E-state index is 1.41. The van der Waals surface area contributed by atoms with Crippen LogP contribution in [0, 0.1) is 0 Å². The third-order valence-electron chi connectivity index (χ3n) is 3.16. The second-order valence-electron chi connectivity index (χ2n) is 4.14. The lowest BCUT2D eigenvalue weighted by molar-refractivity contribution is 1.69. The van der Waals surface area contributed by atoms with Crippen LogP contribution in [0.15, 0.2) is 72.9 Å². The summed E-state index contributed by atoms with van der Waals surface area (Å²) in [4.78, 5) is 0. The van der Waals surface area contributed by atoms with Crippen LogP contribution >= 0.6 is 0 Å². The monoisotopic (exact) mass is 224 g/mol. The minimum Gasteiger partial charge on any atom is -0.106 e. The molecule has 0 unspecified atom stereocenters. The number of rotatable bonds is 3. The Labute approximate surface area is 98.3 Å². The van der Waals surface area contributed by atoms with Crippen LogP contribution in [0.3, 0.4) is 0 Å². The van der Waals surface area contributed by atoms with Gasteiger partial charge in [-0.25, -0.2) is 0 Å². The fraction of sp³-hybridized carbons (Fsp3) is 0.0667. The fourth-order valence-electron chi connectivity index (χ4n) is 1.97. The Morgan fingerprint density at radius 1 is 0.812 bits per heavy atom. The van der Waals surface area contributed by atoms with E-state index >= 15 is 0 Å². The molecule has 0 aliphatic rings. The van der Waals surface area contributed by atoms with Gasteiger partial charge in [0, 0.05) is 0 Å². The van der Waals surface area contributed by atoms with Gasteiger partial charge in [0.2, 0.25) is 0 Å². The lowest BCUT2D eigenvalue weighted by Crippen LogP contribution is -2.54. The van der Waals surface area contributed by atoms with Crippen molar-refractivity contribution in [3.8, 4) is 0 Å². The third kappa shape index (κ3) is 1.86. The Kier molecular flexibility index (Phi) is 3.06. The largest absolute Gasteiger partial charge is 0.137 e. The van der Waals surface area contributed by atoms with Crippen molar-refractivity contribution < 1.29 is 0 Å². The van der Waals surface area contributed by atoms with Crippen LogP contribution in [-0.2, 0) is 0 Å². The van der Waals surface area contributed by atoms with Crippen molar-refractivity contribution in [1.29, 1.82) is 0 Å². The molecule has 16 heavy (non-hydrogen) atoms. The first-order valence-electron chi connectivity index (χ1n) is 5.52. The summed E-state index contributed by atoms with van der Waals surface area (Å²) in [5.74, 6) is 0. The molecule has 0 heterocycles. The topological polar surface area (TPSA) is 0 Å². The molecule has 0 bridgehead atoms. The van der Waals surface area contributed by atoms with Gasteiger partial charge < -0.3 is 0 Å². The smallest absolute Gasteiger partial charge is 0.106 e. The van der Waals surface area contributed by atoms with Crippen LogP contribution in [-0.4, -0.2) is 8.07 Å².